The van der Waals surface area contributed by atoms with Crippen LogP contribution in [0, 0.1) is 17.8 Å². The number of rotatable bonds is 6. The van der Waals surface area contributed by atoms with Gasteiger partial charge in [-0.1, -0.05) is 25.5 Å². The van der Waals surface area contributed by atoms with Gasteiger partial charge in [-0.15, -0.1) is 0 Å². The molecule has 1 fully saturated rings. The molecule has 0 unspecified atom stereocenters. The Kier molecular flexibility index (Phi) is 6.74. The topological polar surface area (TPSA) is 40.5 Å². The molecule has 0 spiro atoms. The molecule has 0 heterocycles. The fraction of sp³-hybridized carbons (Fsp3) is 0.857. The maximum atomic E-state index is 9.14. The fourth-order valence-electron chi connectivity index (χ4n) is 2.62. The Hall–Kier alpha value is -0.340. The van der Waals surface area contributed by atoms with Gasteiger partial charge >= 0.3 is 0 Å². The molecule has 1 saturated carbocycles. The van der Waals surface area contributed by atoms with E-state index in [9.17, 15) is 0 Å². The Labute approximate surface area is 99.4 Å². The van der Waals surface area contributed by atoms with E-state index in [2.05, 4.69) is 19.1 Å². The molecule has 0 saturated heterocycles. The van der Waals surface area contributed by atoms with E-state index in [-0.39, 0.29) is 19.1 Å². The summed E-state index contributed by atoms with van der Waals surface area (Å²) in [5.41, 5.74) is 0. The summed E-state index contributed by atoms with van der Waals surface area (Å²) < 4.78 is 0. The quantitative estimate of drug-likeness (QED) is 0.684. The van der Waals surface area contributed by atoms with Crippen LogP contribution in [0.4, 0.5) is 0 Å². The van der Waals surface area contributed by atoms with Crippen molar-refractivity contribution in [3.8, 4) is 0 Å². The van der Waals surface area contributed by atoms with Crippen LogP contribution in [0.15, 0.2) is 12.2 Å². The van der Waals surface area contributed by atoms with Crippen molar-refractivity contribution in [2.45, 2.75) is 45.4 Å². The van der Waals surface area contributed by atoms with Crippen molar-refractivity contribution in [3.05, 3.63) is 12.2 Å². The summed E-state index contributed by atoms with van der Waals surface area (Å²) in [6, 6.07) is 0. The molecule has 94 valence electrons. The molecule has 0 aromatic heterocycles. The van der Waals surface area contributed by atoms with E-state index in [4.69, 9.17) is 10.2 Å². The van der Waals surface area contributed by atoms with Gasteiger partial charge in [0.15, 0.2) is 0 Å². The highest BCUT2D eigenvalue weighted by Gasteiger charge is 2.25. The molecule has 0 radical (unpaired) electrons. The summed E-state index contributed by atoms with van der Waals surface area (Å²) in [5.74, 6) is 1.38. The summed E-state index contributed by atoms with van der Waals surface area (Å²) in [6.07, 6.45) is 11.9. The number of unbranched alkanes of at least 4 members (excludes halogenated alkanes) is 1. The average Bonchev–Trinajstić information content (AvgIpc) is 2.33. The van der Waals surface area contributed by atoms with E-state index in [1.165, 1.54) is 25.7 Å². The SMILES string of the molecule is CCCC=CC1CCC(C(CO)CO)CC1. The van der Waals surface area contributed by atoms with E-state index in [1.807, 2.05) is 0 Å². The zero-order chi connectivity index (χ0) is 11.8. The van der Waals surface area contributed by atoms with Gasteiger partial charge in [-0.05, 0) is 43.9 Å². The monoisotopic (exact) mass is 226 g/mol. The highest BCUT2D eigenvalue weighted by atomic mass is 16.3. The fourth-order valence-corrected chi connectivity index (χ4v) is 2.62. The van der Waals surface area contributed by atoms with Crippen molar-refractivity contribution >= 4 is 0 Å². The second kappa shape index (κ2) is 7.86. The summed E-state index contributed by atoms with van der Waals surface area (Å²) in [5, 5.41) is 18.3. The van der Waals surface area contributed by atoms with E-state index in [0.29, 0.717) is 5.92 Å². The molecule has 0 aromatic carbocycles. The first-order valence-corrected chi connectivity index (χ1v) is 6.70. The molecule has 1 rings (SSSR count). The Balaban J connectivity index is 2.27. The van der Waals surface area contributed by atoms with Crippen molar-refractivity contribution in [2.24, 2.45) is 17.8 Å². The maximum absolute atomic E-state index is 9.14. The van der Waals surface area contributed by atoms with Gasteiger partial charge in [0.05, 0.1) is 0 Å². The lowest BCUT2D eigenvalue weighted by atomic mass is 9.76. The molecule has 0 atom stereocenters. The van der Waals surface area contributed by atoms with Crippen molar-refractivity contribution in [2.75, 3.05) is 13.2 Å². The molecular weight excluding hydrogens is 200 g/mol. The maximum Gasteiger partial charge on any atom is 0.0483 e. The van der Waals surface area contributed by atoms with Gasteiger partial charge in [0, 0.05) is 19.1 Å². The summed E-state index contributed by atoms with van der Waals surface area (Å²) in [7, 11) is 0. The summed E-state index contributed by atoms with van der Waals surface area (Å²) in [6.45, 7) is 2.48. The third kappa shape index (κ3) is 4.26. The molecule has 2 N–H and O–H groups in total. The largest absolute Gasteiger partial charge is 0.396 e. The number of allylic oxidation sites excluding steroid dienone is 2. The van der Waals surface area contributed by atoms with Crippen molar-refractivity contribution < 1.29 is 10.2 Å². The first-order valence-electron chi connectivity index (χ1n) is 6.70. The van der Waals surface area contributed by atoms with Gasteiger partial charge in [-0.2, -0.15) is 0 Å². The summed E-state index contributed by atoms with van der Waals surface area (Å²) >= 11 is 0. The second-order valence-electron chi connectivity index (χ2n) is 5.02. The molecule has 1 aliphatic carbocycles. The average molecular weight is 226 g/mol. The molecule has 0 aromatic rings. The minimum absolute atomic E-state index is 0.112. The van der Waals surface area contributed by atoms with E-state index in [1.54, 1.807) is 0 Å². The number of hydrogen-bond acceptors (Lipinski definition) is 2. The van der Waals surface area contributed by atoms with Gasteiger partial charge in [0.2, 0.25) is 0 Å². The lowest BCUT2D eigenvalue weighted by Crippen LogP contribution is -2.26. The van der Waals surface area contributed by atoms with Crippen LogP contribution in [-0.2, 0) is 0 Å². The lowest BCUT2D eigenvalue weighted by molar-refractivity contribution is 0.0833. The first-order chi connectivity index (χ1) is 7.81. The van der Waals surface area contributed by atoms with Crippen molar-refractivity contribution in [1.29, 1.82) is 0 Å². The second-order valence-corrected chi connectivity index (χ2v) is 5.02. The predicted molar refractivity (Wildman–Crippen MR) is 67.2 cm³/mol. The Morgan fingerprint density at radius 3 is 2.25 bits per heavy atom. The van der Waals surface area contributed by atoms with E-state index in [0.717, 1.165) is 18.8 Å². The van der Waals surface area contributed by atoms with Crippen molar-refractivity contribution in [3.63, 3.8) is 0 Å². The number of aliphatic hydroxyl groups excluding tert-OH is 2. The Bertz CT molecular complexity index is 189. The molecule has 1 aliphatic rings. The van der Waals surface area contributed by atoms with Crippen LogP contribution in [0.2, 0.25) is 0 Å². The number of aliphatic hydroxyl groups is 2. The standard InChI is InChI=1S/C14H26O2/c1-2-3-4-5-12-6-8-13(9-7-12)14(10-15)11-16/h4-5,12-16H,2-3,6-11H2,1H3. The third-order valence-corrected chi connectivity index (χ3v) is 3.82. The normalized spacial score (nSPS) is 26.8. The van der Waals surface area contributed by atoms with Crippen LogP contribution < -0.4 is 0 Å². The van der Waals surface area contributed by atoms with Crippen LogP contribution in [-0.4, -0.2) is 23.4 Å². The molecule has 0 bridgehead atoms. The molecule has 16 heavy (non-hydrogen) atoms. The van der Waals surface area contributed by atoms with Gasteiger partial charge in [0.25, 0.3) is 0 Å². The van der Waals surface area contributed by atoms with E-state index >= 15 is 0 Å². The van der Waals surface area contributed by atoms with Gasteiger partial charge in [0.1, 0.15) is 0 Å². The van der Waals surface area contributed by atoms with Gasteiger partial charge in [-0.3, -0.25) is 0 Å². The zero-order valence-corrected chi connectivity index (χ0v) is 10.4. The Morgan fingerprint density at radius 2 is 1.75 bits per heavy atom. The molecule has 2 heteroatoms. The molecule has 0 aliphatic heterocycles. The van der Waals surface area contributed by atoms with Crippen LogP contribution >= 0.6 is 0 Å². The third-order valence-electron chi connectivity index (χ3n) is 3.82. The first kappa shape index (κ1) is 13.7. The minimum atomic E-state index is 0.112. The molecule has 2 nitrogen and oxygen atoms in total. The van der Waals surface area contributed by atoms with Crippen LogP contribution in [0.5, 0.6) is 0 Å². The smallest absolute Gasteiger partial charge is 0.0483 e. The van der Waals surface area contributed by atoms with Crippen LogP contribution in [0.25, 0.3) is 0 Å². The molecular formula is C14H26O2. The van der Waals surface area contributed by atoms with Crippen LogP contribution in [0.1, 0.15) is 45.4 Å². The highest BCUT2D eigenvalue weighted by molar-refractivity contribution is 4.91. The summed E-state index contributed by atoms with van der Waals surface area (Å²) in [4.78, 5) is 0. The Morgan fingerprint density at radius 1 is 1.12 bits per heavy atom. The number of hydrogen-bond donors (Lipinski definition) is 2. The molecule has 0 amide bonds. The van der Waals surface area contributed by atoms with Crippen molar-refractivity contribution in [1.82, 2.24) is 0 Å². The highest BCUT2D eigenvalue weighted by Crippen LogP contribution is 2.33. The van der Waals surface area contributed by atoms with Gasteiger partial charge in [-0.25, -0.2) is 0 Å². The van der Waals surface area contributed by atoms with Crippen LogP contribution in [0.3, 0.4) is 0 Å². The van der Waals surface area contributed by atoms with E-state index < -0.39 is 0 Å². The zero-order valence-electron chi connectivity index (χ0n) is 10.4. The predicted octanol–water partition coefficient (Wildman–Crippen LogP) is 2.75. The minimum Gasteiger partial charge on any atom is -0.396 e. The van der Waals surface area contributed by atoms with Gasteiger partial charge < -0.3 is 10.2 Å². The lowest BCUT2D eigenvalue weighted by Gasteiger charge is -2.31.